The van der Waals surface area contributed by atoms with E-state index in [1.54, 1.807) is 4.31 Å². The summed E-state index contributed by atoms with van der Waals surface area (Å²) in [5.41, 5.74) is 1.22. The Kier molecular flexibility index (Phi) is 5.34. The Bertz CT molecular complexity index is 532. The minimum absolute atomic E-state index is 0.612. The molecule has 0 radical (unpaired) electrons. The maximum atomic E-state index is 11.4. The third-order valence-electron chi connectivity index (χ3n) is 3.52. The lowest BCUT2D eigenvalue weighted by Gasteiger charge is -2.32. The highest BCUT2D eigenvalue weighted by atomic mass is 32.2. The minimum Gasteiger partial charge on any atom is -0.300 e. The van der Waals surface area contributed by atoms with E-state index in [0.717, 1.165) is 26.1 Å². The molecular weight excluding hydrogens is 272 g/mol. The van der Waals surface area contributed by atoms with Crippen molar-refractivity contribution in [2.24, 2.45) is 0 Å². The second-order valence-corrected chi connectivity index (χ2v) is 7.09. The lowest BCUT2D eigenvalue weighted by atomic mass is 10.2. The molecule has 4 nitrogen and oxygen atoms in total. The SMILES string of the molecule is CS(=O)(=O)N1CCN(CC/C=C/c2ccccc2)CC1. The molecule has 0 bridgehead atoms. The second kappa shape index (κ2) is 7.02. The molecule has 1 aliphatic rings. The van der Waals surface area contributed by atoms with Gasteiger partial charge in [-0.25, -0.2) is 8.42 Å². The quantitative estimate of drug-likeness (QED) is 0.829. The van der Waals surface area contributed by atoms with Crippen LogP contribution in [0.4, 0.5) is 0 Å². The first-order chi connectivity index (χ1) is 9.55. The Labute approximate surface area is 121 Å². The average Bonchev–Trinajstić information content (AvgIpc) is 2.44. The molecule has 0 atom stereocenters. The number of benzene rings is 1. The number of sulfonamides is 1. The number of rotatable bonds is 5. The highest BCUT2D eigenvalue weighted by Crippen LogP contribution is 2.07. The molecule has 0 N–H and O–H groups in total. The Hall–Kier alpha value is -1.17. The van der Waals surface area contributed by atoms with Crippen molar-refractivity contribution in [1.82, 2.24) is 9.21 Å². The van der Waals surface area contributed by atoms with E-state index in [4.69, 9.17) is 0 Å². The standard InChI is InChI=1S/C15H22N2O2S/c1-20(18,19)17-13-11-16(12-14-17)10-6-5-9-15-7-3-2-4-8-15/h2-5,7-9H,6,10-14H2,1H3/b9-5+. The van der Waals surface area contributed by atoms with Gasteiger partial charge in [-0.15, -0.1) is 0 Å². The third-order valence-corrected chi connectivity index (χ3v) is 4.83. The number of piperazine rings is 1. The number of hydrogen-bond acceptors (Lipinski definition) is 3. The third kappa shape index (κ3) is 4.74. The van der Waals surface area contributed by atoms with Crippen LogP contribution in [-0.4, -0.2) is 56.6 Å². The first kappa shape index (κ1) is 15.2. The van der Waals surface area contributed by atoms with Gasteiger partial charge in [0.1, 0.15) is 0 Å². The molecule has 20 heavy (non-hydrogen) atoms. The lowest BCUT2D eigenvalue weighted by molar-refractivity contribution is 0.192. The molecule has 1 saturated heterocycles. The van der Waals surface area contributed by atoms with Crippen LogP contribution in [0, 0.1) is 0 Å². The second-order valence-electron chi connectivity index (χ2n) is 5.11. The summed E-state index contributed by atoms with van der Waals surface area (Å²) in [4.78, 5) is 2.32. The summed E-state index contributed by atoms with van der Waals surface area (Å²) < 4.78 is 24.4. The maximum Gasteiger partial charge on any atom is 0.211 e. The molecule has 0 amide bonds. The van der Waals surface area contributed by atoms with Gasteiger partial charge in [0.15, 0.2) is 0 Å². The van der Waals surface area contributed by atoms with E-state index in [0.29, 0.717) is 13.1 Å². The van der Waals surface area contributed by atoms with Crippen molar-refractivity contribution in [2.75, 3.05) is 39.0 Å². The molecule has 0 aliphatic carbocycles. The molecule has 1 aromatic carbocycles. The molecule has 1 aromatic rings. The zero-order chi connectivity index (χ0) is 14.4. The van der Waals surface area contributed by atoms with Crippen LogP contribution >= 0.6 is 0 Å². The fourth-order valence-electron chi connectivity index (χ4n) is 2.33. The highest BCUT2D eigenvalue weighted by molar-refractivity contribution is 7.88. The maximum absolute atomic E-state index is 11.4. The van der Waals surface area contributed by atoms with Crippen molar-refractivity contribution < 1.29 is 8.42 Å². The van der Waals surface area contributed by atoms with Crippen molar-refractivity contribution in [1.29, 1.82) is 0 Å². The summed E-state index contributed by atoms with van der Waals surface area (Å²) in [5, 5.41) is 0. The molecule has 0 unspecified atom stereocenters. The van der Waals surface area contributed by atoms with Gasteiger partial charge in [-0.1, -0.05) is 42.5 Å². The first-order valence-electron chi connectivity index (χ1n) is 6.95. The van der Waals surface area contributed by atoms with Crippen LogP contribution in [0.15, 0.2) is 36.4 Å². The first-order valence-corrected chi connectivity index (χ1v) is 8.79. The van der Waals surface area contributed by atoms with Crippen LogP contribution < -0.4 is 0 Å². The van der Waals surface area contributed by atoms with Crippen LogP contribution in [-0.2, 0) is 10.0 Å². The minimum atomic E-state index is -3.02. The Morgan fingerprint density at radius 3 is 2.35 bits per heavy atom. The number of hydrogen-bond donors (Lipinski definition) is 0. The predicted octanol–water partition coefficient (Wildman–Crippen LogP) is 1.67. The molecular formula is C15H22N2O2S. The van der Waals surface area contributed by atoms with Crippen molar-refractivity contribution in [3.8, 4) is 0 Å². The summed E-state index contributed by atoms with van der Waals surface area (Å²) >= 11 is 0. The smallest absolute Gasteiger partial charge is 0.211 e. The topological polar surface area (TPSA) is 40.6 Å². The normalized spacial score (nSPS) is 18.6. The molecule has 0 spiro atoms. The largest absolute Gasteiger partial charge is 0.300 e. The molecule has 0 aromatic heterocycles. The van der Waals surface area contributed by atoms with Gasteiger partial charge in [-0.05, 0) is 12.0 Å². The van der Waals surface area contributed by atoms with E-state index in [9.17, 15) is 8.42 Å². The summed E-state index contributed by atoms with van der Waals surface area (Å²) in [7, 11) is -3.02. The molecule has 1 aliphatic heterocycles. The van der Waals surface area contributed by atoms with Crippen molar-refractivity contribution in [2.45, 2.75) is 6.42 Å². The van der Waals surface area contributed by atoms with Gasteiger partial charge < -0.3 is 4.90 Å². The molecule has 5 heteroatoms. The van der Waals surface area contributed by atoms with Crippen LogP contribution in [0.25, 0.3) is 6.08 Å². The van der Waals surface area contributed by atoms with Crippen LogP contribution in [0.2, 0.25) is 0 Å². The van der Waals surface area contributed by atoms with Crippen LogP contribution in [0.3, 0.4) is 0 Å². The van der Waals surface area contributed by atoms with Crippen molar-refractivity contribution >= 4 is 16.1 Å². The molecule has 0 saturated carbocycles. The van der Waals surface area contributed by atoms with E-state index < -0.39 is 10.0 Å². The van der Waals surface area contributed by atoms with Gasteiger partial charge in [0, 0.05) is 32.7 Å². The van der Waals surface area contributed by atoms with E-state index in [1.165, 1.54) is 11.8 Å². The fraction of sp³-hybridized carbons (Fsp3) is 0.467. The van der Waals surface area contributed by atoms with Gasteiger partial charge in [0.25, 0.3) is 0 Å². The Balaban J connectivity index is 1.70. The van der Waals surface area contributed by atoms with Gasteiger partial charge in [0.2, 0.25) is 10.0 Å². The van der Waals surface area contributed by atoms with E-state index >= 15 is 0 Å². The van der Waals surface area contributed by atoms with Gasteiger partial charge >= 0.3 is 0 Å². The molecule has 1 fully saturated rings. The van der Waals surface area contributed by atoms with Crippen molar-refractivity contribution in [3.63, 3.8) is 0 Å². The molecule has 1 heterocycles. The fourth-order valence-corrected chi connectivity index (χ4v) is 3.15. The van der Waals surface area contributed by atoms with Crippen LogP contribution in [0.5, 0.6) is 0 Å². The Morgan fingerprint density at radius 2 is 1.75 bits per heavy atom. The number of nitrogens with zero attached hydrogens (tertiary/aromatic N) is 2. The molecule has 110 valence electrons. The summed E-state index contributed by atoms with van der Waals surface area (Å²) in [6.45, 7) is 3.86. The van der Waals surface area contributed by atoms with E-state index in [1.807, 2.05) is 18.2 Å². The van der Waals surface area contributed by atoms with Crippen LogP contribution in [0.1, 0.15) is 12.0 Å². The zero-order valence-electron chi connectivity index (χ0n) is 11.9. The van der Waals surface area contributed by atoms with Gasteiger partial charge in [0.05, 0.1) is 6.26 Å². The molecule has 2 rings (SSSR count). The summed E-state index contributed by atoms with van der Waals surface area (Å²) in [6, 6.07) is 10.2. The van der Waals surface area contributed by atoms with Gasteiger partial charge in [-0.3, -0.25) is 0 Å². The average molecular weight is 294 g/mol. The lowest BCUT2D eigenvalue weighted by Crippen LogP contribution is -2.48. The Morgan fingerprint density at radius 1 is 1.10 bits per heavy atom. The highest BCUT2D eigenvalue weighted by Gasteiger charge is 2.22. The monoisotopic (exact) mass is 294 g/mol. The zero-order valence-corrected chi connectivity index (χ0v) is 12.7. The van der Waals surface area contributed by atoms with Gasteiger partial charge in [-0.2, -0.15) is 4.31 Å². The van der Waals surface area contributed by atoms with E-state index in [2.05, 4.69) is 29.2 Å². The summed E-state index contributed by atoms with van der Waals surface area (Å²) in [6.07, 6.45) is 6.59. The predicted molar refractivity (Wildman–Crippen MR) is 82.9 cm³/mol. The summed E-state index contributed by atoms with van der Waals surface area (Å²) in [5.74, 6) is 0. The van der Waals surface area contributed by atoms with E-state index in [-0.39, 0.29) is 0 Å². The van der Waals surface area contributed by atoms with Crippen molar-refractivity contribution in [3.05, 3.63) is 42.0 Å².